The quantitative estimate of drug-likeness (QED) is 0.672. The molecular weight excluding hydrogens is 356 g/mol. The van der Waals surface area contributed by atoms with Gasteiger partial charge in [-0.3, -0.25) is 4.79 Å². The van der Waals surface area contributed by atoms with Gasteiger partial charge in [0.15, 0.2) is 6.61 Å². The zero-order valence-corrected chi connectivity index (χ0v) is 16.9. The number of benzene rings is 2. The van der Waals surface area contributed by atoms with Gasteiger partial charge in [0.2, 0.25) is 0 Å². The van der Waals surface area contributed by atoms with Crippen LogP contribution in [-0.2, 0) is 11.3 Å². The molecule has 3 aromatic rings. The van der Waals surface area contributed by atoms with Crippen LogP contribution in [0.5, 0.6) is 5.75 Å². The highest BCUT2D eigenvalue weighted by molar-refractivity contribution is 7.15. The summed E-state index contributed by atoms with van der Waals surface area (Å²) in [5, 5.41) is 3.91. The predicted octanol–water partition coefficient (Wildman–Crippen LogP) is 4.74. The Labute approximate surface area is 164 Å². The van der Waals surface area contributed by atoms with Gasteiger partial charge in [-0.25, -0.2) is 4.98 Å². The van der Waals surface area contributed by atoms with Crippen molar-refractivity contribution in [3.63, 3.8) is 0 Å². The first-order chi connectivity index (χ1) is 12.9. The molecule has 0 atom stereocenters. The molecule has 1 aromatic heterocycles. The molecular formula is C22H24N2O2S. The highest BCUT2D eigenvalue weighted by atomic mass is 32.1. The minimum atomic E-state index is -0.139. The normalized spacial score (nSPS) is 10.7. The van der Waals surface area contributed by atoms with Gasteiger partial charge in [-0.05, 0) is 56.5 Å². The van der Waals surface area contributed by atoms with Crippen molar-refractivity contribution in [2.24, 2.45) is 0 Å². The molecule has 140 valence electrons. The lowest BCUT2D eigenvalue weighted by Crippen LogP contribution is -2.28. The second-order valence-electron chi connectivity index (χ2n) is 6.73. The summed E-state index contributed by atoms with van der Waals surface area (Å²) in [6, 6.07) is 14.1. The van der Waals surface area contributed by atoms with Gasteiger partial charge < -0.3 is 10.1 Å². The minimum absolute atomic E-state index is 0.00535. The Morgan fingerprint density at radius 3 is 2.48 bits per heavy atom. The maximum absolute atomic E-state index is 12.1. The lowest BCUT2D eigenvalue weighted by molar-refractivity contribution is -0.123. The second kappa shape index (κ2) is 8.35. The van der Waals surface area contributed by atoms with Crippen molar-refractivity contribution in [1.82, 2.24) is 10.3 Å². The van der Waals surface area contributed by atoms with Crippen molar-refractivity contribution in [3.05, 3.63) is 69.7 Å². The first-order valence-electron chi connectivity index (χ1n) is 8.92. The van der Waals surface area contributed by atoms with Crippen LogP contribution in [0.1, 0.15) is 27.3 Å². The molecule has 0 spiro atoms. The summed E-state index contributed by atoms with van der Waals surface area (Å²) in [5.74, 6) is 0.581. The van der Waals surface area contributed by atoms with Gasteiger partial charge in [-0.1, -0.05) is 30.3 Å². The molecule has 3 rings (SSSR count). The van der Waals surface area contributed by atoms with Crippen LogP contribution in [0.3, 0.4) is 0 Å². The van der Waals surface area contributed by atoms with Crippen LogP contribution < -0.4 is 10.1 Å². The molecule has 0 aliphatic carbocycles. The van der Waals surface area contributed by atoms with E-state index in [4.69, 9.17) is 4.74 Å². The van der Waals surface area contributed by atoms with Crippen molar-refractivity contribution < 1.29 is 9.53 Å². The highest BCUT2D eigenvalue weighted by Gasteiger charge is 2.12. The summed E-state index contributed by atoms with van der Waals surface area (Å²) in [5.41, 5.74) is 5.53. The third-order valence-corrected chi connectivity index (χ3v) is 5.47. The van der Waals surface area contributed by atoms with Crippen LogP contribution in [0.4, 0.5) is 0 Å². The van der Waals surface area contributed by atoms with E-state index >= 15 is 0 Å². The van der Waals surface area contributed by atoms with E-state index in [1.54, 1.807) is 11.3 Å². The number of carbonyl (C=O) groups is 1. The van der Waals surface area contributed by atoms with Crippen molar-refractivity contribution in [2.45, 2.75) is 34.2 Å². The Bertz CT molecular complexity index is 942. The number of carbonyl (C=O) groups excluding carboxylic acids is 1. The number of hydrogen-bond acceptors (Lipinski definition) is 4. The Kier molecular flexibility index (Phi) is 5.91. The van der Waals surface area contributed by atoms with Gasteiger partial charge in [0.05, 0.1) is 12.2 Å². The zero-order valence-electron chi connectivity index (χ0n) is 16.1. The van der Waals surface area contributed by atoms with Gasteiger partial charge in [0.25, 0.3) is 5.91 Å². The van der Waals surface area contributed by atoms with Crippen LogP contribution in [0, 0.1) is 27.7 Å². The van der Waals surface area contributed by atoms with Crippen molar-refractivity contribution in [1.29, 1.82) is 0 Å². The minimum Gasteiger partial charge on any atom is -0.484 e. The van der Waals surface area contributed by atoms with Gasteiger partial charge in [-0.2, -0.15) is 0 Å². The largest absolute Gasteiger partial charge is 0.484 e. The third kappa shape index (κ3) is 4.95. The van der Waals surface area contributed by atoms with E-state index in [2.05, 4.69) is 35.4 Å². The fourth-order valence-electron chi connectivity index (χ4n) is 2.92. The van der Waals surface area contributed by atoms with E-state index < -0.39 is 0 Å². The van der Waals surface area contributed by atoms with Crippen LogP contribution >= 0.6 is 11.3 Å². The smallest absolute Gasteiger partial charge is 0.258 e. The topological polar surface area (TPSA) is 51.2 Å². The molecule has 0 unspecified atom stereocenters. The van der Waals surface area contributed by atoms with Gasteiger partial charge in [-0.15, -0.1) is 11.3 Å². The van der Waals surface area contributed by atoms with Gasteiger partial charge in [0, 0.05) is 10.4 Å². The lowest BCUT2D eigenvalue weighted by Gasteiger charge is -2.08. The van der Waals surface area contributed by atoms with E-state index in [0.29, 0.717) is 6.54 Å². The first-order valence-corrected chi connectivity index (χ1v) is 9.74. The Morgan fingerprint density at radius 2 is 1.78 bits per heavy atom. The molecule has 5 heteroatoms. The molecule has 0 radical (unpaired) electrons. The van der Waals surface area contributed by atoms with Crippen LogP contribution in [0.25, 0.3) is 10.6 Å². The molecule has 1 amide bonds. The Balaban J connectivity index is 1.58. The maximum atomic E-state index is 12.1. The standard InChI is InChI=1S/C22H24N2O2S/c1-14-9-15(2)11-18(10-14)26-13-21(25)23-12-20-17(4)24-22(27-20)19-8-6-5-7-16(19)3/h5-11H,12-13H2,1-4H3,(H,23,25). The van der Waals surface area contributed by atoms with E-state index in [1.807, 2.05) is 45.0 Å². The zero-order chi connectivity index (χ0) is 19.4. The Morgan fingerprint density at radius 1 is 1.07 bits per heavy atom. The molecule has 4 nitrogen and oxygen atoms in total. The number of aryl methyl sites for hydroxylation is 4. The molecule has 0 aliphatic rings. The summed E-state index contributed by atoms with van der Waals surface area (Å²) in [6.45, 7) is 8.55. The third-order valence-electron chi connectivity index (χ3n) is 4.28. The molecule has 0 saturated carbocycles. The lowest BCUT2D eigenvalue weighted by atomic mass is 10.1. The molecule has 1 N–H and O–H groups in total. The highest BCUT2D eigenvalue weighted by Crippen LogP contribution is 2.30. The van der Waals surface area contributed by atoms with E-state index in [0.717, 1.165) is 38.0 Å². The molecule has 1 heterocycles. The summed E-state index contributed by atoms with van der Waals surface area (Å²) < 4.78 is 5.61. The number of nitrogens with one attached hydrogen (secondary N) is 1. The van der Waals surface area contributed by atoms with Crippen molar-refractivity contribution >= 4 is 17.2 Å². The summed E-state index contributed by atoms with van der Waals surface area (Å²) in [6.07, 6.45) is 0. The predicted molar refractivity (Wildman–Crippen MR) is 110 cm³/mol. The van der Waals surface area contributed by atoms with Gasteiger partial charge in [0.1, 0.15) is 10.8 Å². The number of hydrogen-bond donors (Lipinski definition) is 1. The van der Waals surface area contributed by atoms with E-state index in [1.165, 1.54) is 5.56 Å². The molecule has 0 fully saturated rings. The first kappa shape index (κ1) is 19.1. The number of thiazole rings is 1. The molecule has 27 heavy (non-hydrogen) atoms. The number of ether oxygens (including phenoxy) is 1. The molecule has 0 bridgehead atoms. The average Bonchev–Trinajstić information content (AvgIpc) is 2.98. The number of rotatable bonds is 6. The molecule has 2 aromatic carbocycles. The van der Waals surface area contributed by atoms with Crippen molar-refractivity contribution in [2.75, 3.05) is 6.61 Å². The number of nitrogens with zero attached hydrogens (tertiary/aromatic N) is 1. The summed E-state index contributed by atoms with van der Waals surface area (Å²) in [7, 11) is 0. The number of amides is 1. The summed E-state index contributed by atoms with van der Waals surface area (Å²) >= 11 is 1.62. The average molecular weight is 381 g/mol. The summed E-state index contributed by atoms with van der Waals surface area (Å²) in [4.78, 5) is 17.9. The maximum Gasteiger partial charge on any atom is 0.258 e. The fourth-order valence-corrected chi connectivity index (χ4v) is 4.01. The fraction of sp³-hybridized carbons (Fsp3) is 0.273. The van der Waals surface area contributed by atoms with Gasteiger partial charge >= 0.3 is 0 Å². The Hall–Kier alpha value is -2.66. The van der Waals surface area contributed by atoms with E-state index in [-0.39, 0.29) is 12.5 Å². The van der Waals surface area contributed by atoms with Crippen molar-refractivity contribution in [3.8, 4) is 16.3 Å². The monoisotopic (exact) mass is 380 g/mol. The SMILES string of the molecule is Cc1cc(C)cc(OCC(=O)NCc2sc(-c3ccccc3C)nc2C)c1. The van der Waals surface area contributed by atoms with Crippen LogP contribution in [0.2, 0.25) is 0 Å². The second-order valence-corrected chi connectivity index (χ2v) is 7.81. The number of aromatic nitrogens is 1. The molecule has 0 saturated heterocycles. The molecule has 0 aliphatic heterocycles. The van der Waals surface area contributed by atoms with Crippen LogP contribution in [-0.4, -0.2) is 17.5 Å². The van der Waals surface area contributed by atoms with Crippen LogP contribution in [0.15, 0.2) is 42.5 Å². The van der Waals surface area contributed by atoms with E-state index in [9.17, 15) is 4.79 Å².